The number of benzene rings is 1. The summed E-state index contributed by atoms with van der Waals surface area (Å²) in [5, 5.41) is 9.71. The first-order chi connectivity index (χ1) is 13.7. The zero-order valence-corrected chi connectivity index (χ0v) is 16.2. The fraction of sp³-hybridized carbons (Fsp3) is 0.158. The first-order valence-corrected chi connectivity index (χ1v) is 9.49. The molecule has 1 N–H and O–H groups in total. The predicted octanol–water partition coefficient (Wildman–Crippen LogP) is 3.45. The first kappa shape index (κ1) is 18.1. The van der Waals surface area contributed by atoms with Gasteiger partial charge in [-0.05, 0) is 37.1 Å². The van der Waals surface area contributed by atoms with E-state index in [9.17, 15) is 4.79 Å². The Hall–Kier alpha value is -3.33. The Kier molecular flexibility index (Phi) is 4.98. The van der Waals surface area contributed by atoms with Gasteiger partial charge in [0.25, 0.3) is 0 Å². The molecule has 1 aromatic carbocycles. The second kappa shape index (κ2) is 7.73. The molecule has 0 saturated heterocycles. The Morgan fingerprint density at radius 2 is 2.14 bits per heavy atom. The summed E-state index contributed by atoms with van der Waals surface area (Å²) >= 11 is 1.44. The lowest BCUT2D eigenvalue weighted by Crippen LogP contribution is -2.07. The van der Waals surface area contributed by atoms with Crippen molar-refractivity contribution in [3.05, 3.63) is 60.7 Å². The van der Waals surface area contributed by atoms with Crippen LogP contribution in [-0.4, -0.2) is 37.1 Å². The molecule has 28 heavy (non-hydrogen) atoms. The van der Waals surface area contributed by atoms with E-state index in [2.05, 4.69) is 19.9 Å². The van der Waals surface area contributed by atoms with E-state index in [1.54, 1.807) is 36.1 Å². The Labute approximate surface area is 165 Å². The van der Waals surface area contributed by atoms with Gasteiger partial charge < -0.3 is 9.46 Å². The van der Waals surface area contributed by atoms with Gasteiger partial charge >= 0.3 is 5.97 Å². The fourth-order valence-electron chi connectivity index (χ4n) is 2.80. The van der Waals surface area contributed by atoms with Crippen LogP contribution in [0.5, 0.6) is 0 Å². The molecule has 3 heterocycles. The zero-order chi connectivity index (χ0) is 19.5. The maximum atomic E-state index is 11.9. The number of fused-ring (bicyclic) bond motifs is 1. The van der Waals surface area contributed by atoms with Crippen LogP contribution in [0.25, 0.3) is 16.7 Å². The van der Waals surface area contributed by atoms with Crippen molar-refractivity contribution in [2.24, 2.45) is 7.05 Å². The number of esters is 1. The van der Waals surface area contributed by atoms with Gasteiger partial charge in [-0.3, -0.25) is 4.68 Å². The third-order valence-electron chi connectivity index (χ3n) is 4.09. The van der Waals surface area contributed by atoms with Crippen LogP contribution >= 0.6 is 11.9 Å². The van der Waals surface area contributed by atoms with Crippen LogP contribution in [0.2, 0.25) is 0 Å². The normalized spacial score (nSPS) is 10.9. The van der Waals surface area contributed by atoms with Crippen molar-refractivity contribution in [1.82, 2.24) is 24.5 Å². The standard InChI is InChI=1S/C19H18N6O2S/c1-3-27-19(26)13-7-8-20-17(9-13)25-12-15(11-22-25)28-23-16-6-4-5-14-10-21-24(2)18(14)16/h4-12,23H,3H2,1-2H3. The number of para-hydroxylation sites is 1. The highest BCUT2D eigenvalue weighted by Crippen LogP contribution is 2.27. The molecule has 142 valence electrons. The minimum atomic E-state index is -0.376. The molecule has 0 spiro atoms. The van der Waals surface area contributed by atoms with Gasteiger partial charge in [0.2, 0.25) is 0 Å². The summed E-state index contributed by atoms with van der Waals surface area (Å²) in [7, 11) is 1.92. The van der Waals surface area contributed by atoms with Crippen LogP contribution < -0.4 is 4.72 Å². The number of aromatic nitrogens is 5. The molecule has 0 aliphatic heterocycles. The molecule has 0 saturated carbocycles. The monoisotopic (exact) mass is 394 g/mol. The maximum absolute atomic E-state index is 11.9. The van der Waals surface area contributed by atoms with Crippen molar-refractivity contribution in [1.29, 1.82) is 0 Å². The third kappa shape index (κ3) is 3.56. The summed E-state index contributed by atoms with van der Waals surface area (Å²) in [6.07, 6.45) is 6.99. The number of nitrogens with one attached hydrogen (secondary N) is 1. The van der Waals surface area contributed by atoms with Crippen LogP contribution in [0.15, 0.2) is 60.0 Å². The summed E-state index contributed by atoms with van der Waals surface area (Å²) in [4.78, 5) is 17.1. The number of rotatable bonds is 6. The van der Waals surface area contributed by atoms with Gasteiger partial charge in [0.05, 0.1) is 40.7 Å². The summed E-state index contributed by atoms with van der Waals surface area (Å²) in [6, 6.07) is 9.30. The van der Waals surface area contributed by atoms with Gasteiger partial charge in [0, 0.05) is 24.8 Å². The molecule has 0 aliphatic rings. The van der Waals surface area contributed by atoms with Crippen LogP contribution in [0, 0.1) is 0 Å². The van der Waals surface area contributed by atoms with E-state index in [0.717, 1.165) is 21.5 Å². The maximum Gasteiger partial charge on any atom is 0.338 e. The lowest BCUT2D eigenvalue weighted by Gasteiger charge is -2.06. The second-order valence-corrected chi connectivity index (χ2v) is 6.84. The smallest absolute Gasteiger partial charge is 0.338 e. The number of nitrogens with zero attached hydrogens (tertiary/aromatic N) is 5. The number of carbonyl (C=O) groups excluding carboxylic acids is 1. The molecule has 0 bridgehead atoms. The number of ether oxygens (including phenoxy) is 1. The number of hydrogen-bond acceptors (Lipinski definition) is 7. The number of carbonyl (C=O) groups is 1. The van der Waals surface area contributed by atoms with E-state index in [-0.39, 0.29) is 5.97 Å². The number of hydrogen-bond donors (Lipinski definition) is 1. The summed E-state index contributed by atoms with van der Waals surface area (Å²) in [5.41, 5.74) is 2.45. The molecule has 0 fully saturated rings. The molecule has 0 unspecified atom stereocenters. The second-order valence-electron chi connectivity index (χ2n) is 5.96. The van der Waals surface area contributed by atoms with Crippen molar-refractivity contribution in [3.8, 4) is 5.82 Å². The highest BCUT2D eigenvalue weighted by molar-refractivity contribution is 8.00. The van der Waals surface area contributed by atoms with Gasteiger partial charge in [-0.25, -0.2) is 14.5 Å². The Bertz CT molecular complexity index is 1140. The molecule has 8 nitrogen and oxygen atoms in total. The first-order valence-electron chi connectivity index (χ1n) is 8.67. The number of aryl methyl sites for hydroxylation is 1. The highest BCUT2D eigenvalue weighted by atomic mass is 32.2. The quantitative estimate of drug-likeness (QED) is 0.396. The van der Waals surface area contributed by atoms with Gasteiger partial charge in [-0.15, -0.1) is 0 Å². The Balaban J connectivity index is 1.51. The van der Waals surface area contributed by atoms with Crippen LogP contribution in [0.3, 0.4) is 0 Å². The topological polar surface area (TPSA) is 86.9 Å². The van der Waals surface area contributed by atoms with Gasteiger partial charge in [0.1, 0.15) is 0 Å². The molecular formula is C19H18N6O2S. The molecule has 0 aliphatic carbocycles. The molecular weight excluding hydrogens is 376 g/mol. The molecule has 3 aromatic heterocycles. The van der Waals surface area contributed by atoms with E-state index in [1.165, 1.54) is 11.9 Å². The van der Waals surface area contributed by atoms with E-state index in [4.69, 9.17) is 4.74 Å². The van der Waals surface area contributed by atoms with E-state index in [1.807, 2.05) is 42.3 Å². The average Bonchev–Trinajstić information content (AvgIpc) is 3.34. The third-order valence-corrected chi connectivity index (χ3v) is 4.86. The fourth-order valence-corrected chi connectivity index (χ4v) is 3.44. The van der Waals surface area contributed by atoms with Crippen LogP contribution in [-0.2, 0) is 11.8 Å². The summed E-state index contributed by atoms with van der Waals surface area (Å²) in [6.45, 7) is 2.10. The average molecular weight is 394 g/mol. The van der Waals surface area contributed by atoms with Gasteiger partial charge in [0.15, 0.2) is 5.82 Å². The molecule has 4 aromatic rings. The number of anilines is 1. The van der Waals surface area contributed by atoms with Crippen LogP contribution in [0.4, 0.5) is 5.69 Å². The van der Waals surface area contributed by atoms with E-state index >= 15 is 0 Å². The minimum absolute atomic E-state index is 0.328. The van der Waals surface area contributed by atoms with Crippen molar-refractivity contribution in [3.63, 3.8) is 0 Å². The number of pyridine rings is 1. The molecule has 0 radical (unpaired) electrons. The SMILES string of the molecule is CCOC(=O)c1ccnc(-n2cc(SNc3cccc4cnn(C)c34)cn2)c1. The van der Waals surface area contributed by atoms with Crippen molar-refractivity contribution in [2.45, 2.75) is 11.8 Å². The van der Waals surface area contributed by atoms with Gasteiger partial charge in [-0.2, -0.15) is 10.2 Å². The van der Waals surface area contributed by atoms with E-state index < -0.39 is 0 Å². The van der Waals surface area contributed by atoms with E-state index in [0.29, 0.717) is 18.0 Å². The van der Waals surface area contributed by atoms with Gasteiger partial charge in [-0.1, -0.05) is 12.1 Å². The predicted molar refractivity (Wildman–Crippen MR) is 108 cm³/mol. The summed E-state index contributed by atoms with van der Waals surface area (Å²) in [5.74, 6) is 0.171. The zero-order valence-electron chi connectivity index (χ0n) is 15.4. The molecule has 9 heteroatoms. The van der Waals surface area contributed by atoms with Crippen molar-refractivity contribution in [2.75, 3.05) is 11.3 Å². The largest absolute Gasteiger partial charge is 0.462 e. The van der Waals surface area contributed by atoms with Crippen molar-refractivity contribution >= 4 is 34.5 Å². The van der Waals surface area contributed by atoms with Crippen molar-refractivity contribution < 1.29 is 9.53 Å². The minimum Gasteiger partial charge on any atom is -0.462 e. The highest BCUT2D eigenvalue weighted by Gasteiger charge is 2.11. The summed E-state index contributed by atoms with van der Waals surface area (Å²) < 4.78 is 11.8. The van der Waals surface area contributed by atoms with Crippen LogP contribution in [0.1, 0.15) is 17.3 Å². The molecule has 0 amide bonds. The molecule has 0 atom stereocenters. The lowest BCUT2D eigenvalue weighted by molar-refractivity contribution is 0.0526. The lowest BCUT2D eigenvalue weighted by atomic mass is 10.2. The molecule has 4 rings (SSSR count). The Morgan fingerprint density at radius 3 is 3.00 bits per heavy atom. The Morgan fingerprint density at radius 1 is 1.25 bits per heavy atom.